The highest BCUT2D eigenvalue weighted by Gasteiger charge is 2.40. The number of fused-ring (bicyclic) bond motifs is 1. The number of pyridine rings is 1. The Morgan fingerprint density at radius 2 is 1.62 bits per heavy atom. The van der Waals surface area contributed by atoms with E-state index in [-0.39, 0.29) is 17.0 Å². The Morgan fingerprint density at radius 3 is 2.26 bits per heavy atom. The van der Waals surface area contributed by atoms with E-state index in [1.807, 2.05) is 55.5 Å². The minimum Gasteiger partial charge on any atom is -0.476 e. The Hall–Kier alpha value is -4.04. The molecule has 8 heteroatoms. The van der Waals surface area contributed by atoms with E-state index in [0.29, 0.717) is 11.3 Å². The van der Waals surface area contributed by atoms with Gasteiger partial charge in [-0.3, -0.25) is 4.98 Å². The number of benzene rings is 2. The van der Waals surface area contributed by atoms with Gasteiger partial charge >= 0.3 is 5.97 Å². The summed E-state index contributed by atoms with van der Waals surface area (Å²) in [5.74, 6) is -1.28. The van der Waals surface area contributed by atoms with Crippen molar-refractivity contribution in [2.24, 2.45) is 0 Å². The number of carbonyl (C=O) groups is 1. The predicted molar refractivity (Wildman–Crippen MR) is 127 cm³/mol. The Morgan fingerprint density at radius 1 is 0.971 bits per heavy atom. The second-order valence-corrected chi connectivity index (χ2v) is 10.0. The lowest BCUT2D eigenvalue weighted by atomic mass is 9.68. The first-order valence-electron chi connectivity index (χ1n) is 10.7. The average molecular weight is 472 g/mol. The molecule has 0 saturated carbocycles. The fourth-order valence-electron chi connectivity index (χ4n) is 4.45. The average Bonchev–Trinajstić information content (AvgIpc) is 3.25. The largest absolute Gasteiger partial charge is 0.476 e. The van der Waals surface area contributed by atoms with Gasteiger partial charge < -0.3 is 5.11 Å². The fraction of sp³-hybridized carbons (Fsp3) is 0.115. The van der Waals surface area contributed by atoms with E-state index >= 15 is 0 Å². The van der Waals surface area contributed by atoms with Crippen LogP contribution in [0.1, 0.15) is 38.4 Å². The van der Waals surface area contributed by atoms with Gasteiger partial charge in [0.2, 0.25) is 0 Å². The molecule has 0 spiro atoms. The molecule has 1 N–H and O–H groups in total. The summed E-state index contributed by atoms with van der Waals surface area (Å²) in [6.07, 6.45) is 7.18. The third-order valence-corrected chi connectivity index (χ3v) is 7.83. The van der Waals surface area contributed by atoms with E-state index in [2.05, 4.69) is 10.1 Å². The molecular weight excluding hydrogens is 450 g/mol. The number of carboxylic acids is 1. The normalized spacial score (nSPS) is 17.3. The first-order chi connectivity index (χ1) is 16.3. The smallest absolute Gasteiger partial charge is 0.357 e. The monoisotopic (exact) mass is 471 g/mol. The van der Waals surface area contributed by atoms with Crippen molar-refractivity contribution in [3.63, 3.8) is 0 Å². The van der Waals surface area contributed by atoms with Crippen molar-refractivity contribution in [2.45, 2.75) is 23.7 Å². The van der Waals surface area contributed by atoms with E-state index in [9.17, 15) is 18.3 Å². The lowest BCUT2D eigenvalue weighted by Gasteiger charge is -2.34. The number of aromatic nitrogens is 3. The van der Waals surface area contributed by atoms with Gasteiger partial charge in [-0.1, -0.05) is 60.2 Å². The molecular formula is C26H21N3O4S. The highest BCUT2D eigenvalue weighted by atomic mass is 32.2. The maximum absolute atomic E-state index is 13.6. The lowest BCUT2D eigenvalue weighted by molar-refractivity contribution is 0.0690. The van der Waals surface area contributed by atoms with Crippen LogP contribution in [0.2, 0.25) is 0 Å². The van der Waals surface area contributed by atoms with Gasteiger partial charge in [0.05, 0.1) is 10.6 Å². The van der Waals surface area contributed by atoms with Gasteiger partial charge in [0.1, 0.15) is 0 Å². The number of hydrogen-bond acceptors (Lipinski definition) is 5. The molecule has 1 aliphatic rings. The molecule has 2 heterocycles. The molecule has 0 radical (unpaired) electrons. The topological polar surface area (TPSA) is 102 Å². The van der Waals surface area contributed by atoms with Crippen LogP contribution in [0.5, 0.6) is 0 Å². The van der Waals surface area contributed by atoms with Crippen molar-refractivity contribution in [1.82, 2.24) is 14.2 Å². The van der Waals surface area contributed by atoms with Crippen LogP contribution in [0, 0.1) is 6.92 Å². The van der Waals surface area contributed by atoms with Crippen LogP contribution < -0.4 is 0 Å². The second-order valence-electron chi connectivity index (χ2n) is 8.26. The predicted octanol–water partition coefficient (Wildman–Crippen LogP) is 4.08. The second kappa shape index (κ2) is 8.07. The van der Waals surface area contributed by atoms with Crippen molar-refractivity contribution in [3.05, 3.63) is 119 Å². The molecule has 4 aromatic rings. The van der Waals surface area contributed by atoms with E-state index in [1.165, 1.54) is 12.1 Å². The molecule has 7 nitrogen and oxygen atoms in total. The molecule has 0 aliphatic heterocycles. The maximum Gasteiger partial charge on any atom is 0.357 e. The third-order valence-electron chi connectivity index (χ3n) is 6.20. The van der Waals surface area contributed by atoms with Crippen LogP contribution in [-0.2, 0) is 21.9 Å². The molecule has 5 rings (SSSR count). The van der Waals surface area contributed by atoms with Gasteiger partial charge in [0.25, 0.3) is 10.0 Å². The van der Waals surface area contributed by atoms with Crippen molar-refractivity contribution in [3.8, 4) is 0 Å². The number of allylic oxidation sites excluding steroid dienone is 1. The Balaban J connectivity index is 1.76. The highest BCUT2D eigenvalue weighted by molar-refractivity contribution is 7.89. The number of hydrogen-bond donors (Lipinski definition) is 1. The van der Waals surface area contributed by atoms with Crippen LogP contribution in [0.15, 0.2) is 90.1 Å². The minimum atomic E-state index is -4.13. The Bertz CT molecular complexity index is 1470. The summed E-state index contributed by atoms with van der Waals surface area (Å²) in [6.45, 7) is 1.86. The van der Waals surface area contributed by atoms with Crippen molar-refractivity contribution >= 4 is 22.1 Å². The molecule has 2 aromatic heterocycles. The summed E-state index contributed by atoms with van der Waals surface area (Å²) >= 11 is 0. The zero-order valence-electron chi connectivity index (χ0n) is 18.3. The van der Waals surface area contributed by atoms with E-state index < -0.39 is 21.4 Å². The first kappa shape index (κ1) is 21.8. The van der Waals surface area contributed by atoms with Gasteiger partial charge in [0, 0.05) is 29.8 Å². The van der Waals surface area contributed by atoms with Crippen LogP contribution in [-0.4, -0.2) is 33.7 Å². The Kier molecular flexibility index (Phi) is 5.17. The number of aryl methyl sites for hydroxylation is 1. The van der Waals surface area contributed by atoms with E-state index in [4.69, 9.17) is 0 Å². The molecule has 1 unspecified atom stereocenters. The number of nitrogens with zero attached hydrogens (tertiary/aromatic N) is 3. The zero-order valence-corrected chi connectivity index (χ0v) is 19.1. The Labute approximate surface area is 197 Å². The number of aromatic carboxylic acids is 1. The molecule has 1 aliphatic carbocycles. The van der Waals surface area contributed by atoms with Crippen LogP contribution in [0.3, 0.4) is 0 Å². The van der Waals surface area contributed by atoms with Gasteiger partial charge in [-0.2, -0.15) is 12.5 Å². The van der Waals surface area contributed by atoms with E-state index in [1.54, 1.807) is 30.6 Å². The molecule has 170 valence electrons. The zero-order chi connectivity index (χ0) is 23.9. The SMILES string of the molecule is Cc1ccc(S(=O)(=O)n2nc(C(=O)O)c3c2CC(c2ccccc2)(c2ccncc2)C=C3)cc1. The molecule has 2 aromatic carbocycles. The number of carboxylic acid groups (broad SMARTS) is 1. The van der Waals surface area contributed by atoms with E-state index in [0.717, 1.165) is 20.8 Å². The lowest BCUT2D eigenvalue weighted by Crippen LogP contribution is -2.32. The summed E-state index contributed by atoms with van der Waals surface area (Å²) in [7, 11) is -4.13. The van der Waals surface area contributed by atoms with Crippen LogP contribution in [0.4, 0.5) is 0 Å². The first-order valence-corrected chi connectivity index (χ1v) is 12.1. The molecule has 0 saturated heterocycles. The van der Waals surface area contributed by atoms with Crippen LogP contribution >= 0.6 is 0 Å². The fourth-order valence-corrected chi connectivity index (χ4v) is 5.77. The van der Waals surface area contributed by atoms with Gasteiger partial charge in [-0.25, -0.2) is 4.79 Å². The summed E-state index contributed by atoms with van der Waals surface area (Å²) < 4.78 is 28.1. The number of rotatable bonds is 5. The molecule has 34 heavy (non-hydrogen) atoms. The van der Waals surface area contributed by atoms with Gasteiger partial charge in [-0.15, -0.1) is 5.10 Å². The molecule has 0 fully saturated rings. The summed E-state index contributed by atoms with van der Waals surface area (Å²) in [5.41, 5.74) is 2.36. The molecule has 0 bridgehead atoms. The van der Waals surface area contributed by atoms with Gasteiger partial charge in [-0.05, 0) is 42.3 Å². The minimum absolute atomic E-state index is 0.0455. The summed E-state index contributed by atoms with van der Waals surface area (Å²) in [5, 5.41) is 13.9. The third kappa shape index (κ3) is 3.43. The quantitative estimate of drug-likeness (QED) is 0.471. The maximum atomic E-state index is 13.6. The molecule has 1 atom stereocenters. The van der Waals surface area contributed by atoms with Crippen LogP contribution in [0.25, 0.3) is 6.08 Å². The van der Waals surface area contributed by atoms with Crippen molar-refractivity contribution < 1.29 is 18.3 Å². The standard InChI is InChI=1S/C26H21N3O4S/c1-18-7-9-21(10-8-18)34(32,33)29-23-17-26(19-5-3-2-4-6-19,20-12-15-27-16-13-20)14-11-22(23)24(28-29)25(30)31/h2-16H,17H2,1H3,(H,30,31). The van der Waals surface area contributed by atoms with Crippen molar-refractivity contribution in [2.75, 3.05) is 0 Å². The van der Waals surface area contributed by atoms with Gasteiger partial charge in [0.15, 0.2) is 5.69 Å². The van der Waals surface area contributed by atoms with Crippen molar-refractivity contribution in [1.29, 1.82) is 0 Å². The summed E-state index contributed by atoms with van der Waals surface area (Å²) in [6, 6.07) is 19.9. The summed E-state index contributed by atoms with van der Waals surface area (Å²) in [4.78, 5) is 16.2. The highest BCUT2D eigenvalue weighted by Crippen LogP contribution is 2.42. The molecule has 0 amide bonds.